The lowest BCUT2D eigenvalue weighted by atomic mass is 9.91. The number of aliphatic imine (C=N–C) groups is 2. The molecule has 0 radical (unpaired) electrons. The van der Waals surface area contributed by atoms with Gasteiger partial charge in [0, 0.05) is 11.1 Å². The first-order valence-corrected chi connectivity index (χ1v) is 16.7. The number of fused-ring (bicyclic) bond motifs is 6. The number of benzene rings is 8. The van der Waals surface area contributed by atoms with E-state index in [2.05, 4.69) is 121 Å². The summed E-state index contributed by atoms with van der Waals surface area (Å²) in [7, 11) is 0. The Morgan fingerprint density at radius 3 is 1.64 bits per heavy atom. The van der Waals surface area contributed by atoms with Gasteiger partial charge in [-0.15, -0.1) is 0 Å². The van der Waals surface area contributed by atoms with Gasteiger partial charge in [0.05, 0.1) is 11.6 Å². The van der Waals surface area contributed by atoms with E-state index >= 15 is 0 Å². The predicted molar refractivity (Wildman–Crippen MR) is 206 cm³/mol. The van der Waals surface area contributed by atoms with Gasteiger partial charge in [-0.25, -0.2) is 9.98 Å². The van der Waals surface area contributed by atoms with Gasteiger partial charge in [-0.2, -0.15) is 5.26 Å². The maximum atomic E-state index is 10.2. The first-order valence-electron chi connectivity index (χ1n) is 16.7. The molecule has 1 aliphatic rings. The third kappa shape index (κ3) is 5.28. The largest absolute Gasteiger partial charge is 0.344 e. The average molecular weight is 639 g/mol. The molecular formula is C46H30N4. The zero-order valence-electron chi connectivity index (χ0n) is 27.1. The number of hydrogen-bond acceptors (Lipinski definition) is 4. The Kier molecular flexibility index (Phi) is 7.22. The smallest absolute Gasteiger partial charge is 0.159 e. The van der Waals surface area contributed by atoms with E-state index in [0.29, 0.717) is 17.2 Å². The molecule has 0 saturated heterocycles. The summed E-state index contributed by atoms with van der Waals surface area (Å²) in [6.07, 6.45) is -0.322. The van der Waals surface area contributed by atoms with Gasteiger partial charge < -0.3 is 5.32 Å². The van der Waals surface area contributed by atoms with Gasteiger partial charge in [-0.1, -0.05) is 140 Å². The van der Waals surface area contributed by atoms with Gasteiger partial charge in [0.1, 0.15) is 12.0 Å². The molecule has 4 nitrogen and oxygen atoms in total. The number of amidine groups is 2. The second kappa shape index (κ2) is 12.3. The highest BCUT2D eigenvalue weighted by Gasteiger charge is 2.22. The van der Waals surface area contributed by atoms with E-state index in [1.54, 1.807) is 0 Å². The predicted octanol–water partition coefficient (Wildman–Crippen LogP) is 10.8. The normalized spacial score (nSPS) is 14.2. The lowest BCUT2D eigenvalue weighted by Gasteiger charge is -2.24. The Morgan fingerprint density at radius 2 is 0.960 bits per heavy atom. The van der Waals surface area contributed by atoms with Gasteiger partial charge in [0.25, 0.3) is 0 Å². The second-order valence-electron chi connectivity index (χ2n) is 12.6. The van der Waals surface area contributed by atoms with Gasteiger partial charge >= 0.3 is 0 Å². The minimum atomic E-state index is -0.322. The van der Waals surface area contributed by atoms with Crippen LogP contribution < -0.4 is 5.32 Å². The number of nitrogens with zero attached hydrogens (tertiary/aromatic N) is 3. The van der Waals surface area contributed by atoms with Crippen LogP contribution in [0, 0.1) is 11.3 Å². The molecule has 0 bridgehead atoms. The van der Waals surface area contributed by atoms with E-state index in [-0.39, 0.29) is 6.17 Å². The average Bonchev–Trinajstić information content (AvgIpc) is 3.21. The Labute approximate surface area is 290 Å². The molecule has 1 aliphatic heterocycles. The van der Waals surface area contributed by atoms with Crippen molar-refractivity contribution in [3.8, 4) is 28.3 Å². The minimum absolute atomic E-state index is 0.322. The standard InChI is InChI=1S/C46H30N4/c47-29-30-24-36(27-37(25-30)46-49-44(31-12-3-1-4-13-31)48-45(50-46)32-14-5-2-6-15-32)34-17-11-16-33(26-34)35-22-23-42-40-20-8-7-18-38(40)39-19-9-10-21-41(39)43(42)28-35/h1-28,44H,(H,48,49,50). The quantitative estimate of drug-likeness (QED) is 0.191. The highest BCUT2D eigenvalue weighted by molar-refractivity contribution is 6.25. The highest BCUT2D eigenvalue weighted by atomic mass is 15.2. The van der Waals surface area contributed by atoms with Gasteiger partial charge in [0.2, 0.25) is 0 Å². The monoisotopic (exact) mass is 638 g/mol. The first kappa shape index (κ1) is 29.3. The van der Waals surface area contributed by atoms with Gasteiger partial charge in [-0.3, -0.25) is 0 Å². The summed E-state index contributed by atoms with van der Waals surface area (Å²) in [6, 6.07) is 61.2. The fraction of sp³-hybridized carbons (Fsp3) is 0.0217. The molecule has 8 aromatic carbocycles. The lowest BCUT2D eigenvalue weighted by molar-refractivity contribution is 0.674. The van der Waals surface area contributed by atoms with Crippen LogP contribution in [-0.4, -0.2) is 11.7 Å². The molecule has 0 fully saturated rings. The van der Waals surface area contributed by atoms with Crippen molar-refractivity contribution in [2.45, 2.75) is 6.17 Å². The summed E-state index contributed by atoms with van der Waals surface area (Å²) >= 11 is 0. The SMILES string of the molecule is N#Cc1cc(C2=NC(c3ccccc3)=NC(c3ccccc3)N2)cc(-c2cccc(-c3ccc4c5ccccc5c5ccccc5c4c3)c2)c1. The van der Waals surface area contributed by atoms with Crippen molar-refractivity contribution >= 4 is 44.0 Å². The van der Waals surface area contributed by atoms with Crippen LogP contribution in [0.15, 0.2) is 180 Å². The van der Waals surface area contributed by atoms with Crippen LogP contribution in [0.2, 0.25) is 0 Å². The lowest BCUT2D eigenvalue weighted by Crippen LogP contribution is -2.33. The van der Waals surface area contributed by atoms with Crippen molar-refractivity contribution in [2.24, 2.45) is 9.98 Å². The molecule has 1 unspecified atom stereocenters. The van der Waals surface area contributed by atoms with Crippen molar-refractivity contribution in [1.82, 2.24) is 5.32 Å². The van der Waals surface area contributed by atoms with E-state index in [1.807, 2.05) is 60.7 Å². The molecule has 50 heavy (non-hydrogen) atoms. The van der Waals surface area contributed by atoms with Crippen molar-refractivity contribution < 1.29 is 0 Å². The number of nitriles is 1. The topological polar surface area (TPSA) is 60.5 Å². The number of rotatable bonds is 5. The van der Waals surface area contributed by atoms with Crippen LogP contribution in [0.4, 0.5) is 0 Å². The Hall–Kier alpha value is -6.83. The van der Waals surface area contributed by atoms with E-state index in [1.165, 1.54) is 32.3 Å². The van der Waals surface area contributed by atoms with Crippen molar-refractivity contribution in [2.75, 3.05) is 0 Å². The van der Waals surface area contributed by atoms with Crippen molar-refractivity contribution in [3.63, 3.8) is 0 Å². The molecule has 8 aromatic rings. The first-order chi connectivity index (χ1) is 24.7. The zero-order valence-corrected chi connectivity index (χ0v) is 27.1. The van der Waals surface area contributed by atoms with Crippen LogP contribution in [0.5, 0.6) is 0 Å². The van der Waals surface area contributed by atoms with Crippen LogP contribution in [0.3, 0.4) is 0 Å². The second-order valence-corrected chi connectivity index (χ2v) is 12.6. The van der Waals surface area contributed by atoms with Crippen LogP contribution in [0.1, 0.15) is 28.4 Å². The molecule has 0 spiro atoms. The number of nitrogens with one attached hydrogen (secondary N) is 1. The van der Waals surface area contributed by atoms with Crippen molar-refractivity contribution in [3.05, 3.63) is 192 Å². The molecule has 1 heterocycles. The molecule has 1 N–H and O–H groups in total. The molecule has 0 aromatic heterocycles. The van der Waals surface area contributed by atoms with Crippen LogP contribution in [-0.2, 0) is 0 Å². The van der Waals surface area contributed by atoms with Gasteiger partial charge in [-0.05, 0) is 90.5 Å². The number of hydrogen-bond donors (Lipinski definition) is 1. The highest BCUT2D eigenvalue weighted by Crippen LogP contribution is 2.38. The van der Waals surface area contributed by atoms with E-state index in [9.17, 15) is 5.26 Å². The minimum Gasteiger partial charge on any atom is -0.344 e. The molecule has 1 atom stereocenters. The Morgan fingerprint density at radius 1 is 0.440 bits per heavy atom. The Bertz CT molecular complexity index is 2650. The maximum absolute atomic E-state index is 10.2. The van der Waals surface area contributed by atoms with Gasteiger partial charge in [0.15, 0.2) is 5.84 Å². The van der Waals surface area contributed by atoms with E-state index < -0.39 is 0 Å². The van der Waals surface area contributed by atoms with Crippen LogP contribution >= 0.6 is 0 Å². The molecule has 234 valence electrons. The fourth-order valence-electron chi connectivity index (χ4n) is 7.08. The molecule has 4 heteroatoms. The molecule has 0 saturated carbocycles. The van der Waals surface area contributed by atoms with E-state index in [0.717, 1.165) is 38.9 Å². The summed E-state index contributed by atoms with van der Waals surface area (Å²) in [5.41, 5.74) is 7.60. The summed E-state index contributed by atoms with van der Waals surface area (Å²) in [5.74, 6) is 1.33. The van der Waals surface area contributed by atoms with Crippen molar-refractivity contribution in [1.29, 1.82) is 5.26 Å². The zero-order chi connectivity index (χ0) is 33.4. The molecule has 0 aliphatic carbocycles. The third-order valence-electron chi connectivity index (χ3n) is 9.50. The summed E-state index contributed by atoms with van der Waals surface area (Å²) in [6.45, 7) is 0. The van der Waals surface area contributed by atoms with E-state index in [4.69, 9.17) is 9.98 Å². The maximum Gasteiger partial charge on any atom is 0.159 e. The third-order valence-corrected chi connectivity index (χ3v) is 9.50. The fourth-order valence-corrected chi connectivity index (χ4v) is 7.08. The molecule has 9 rings (SSSR count). The summed E-state index contributed by atoms with van der Waals surface area (Å²) in [5, 5.41) is 21.2. The molecule has 0 amide bonds. The summed E-state index contributed by atoms with van der Waals surface area (Å²) in [4.78, 5) is 9.97. The summed E-state index contributed by atoms with van der Waals surface area (Å²) < 4.78 is 0. The Balaban J connectivity index is 1.14. The van der Waals surface area contributed by atoms with Crippen LogP contribution in [0.25, 0.3) is 54.6 Å². The molecular weight excluding hydrogens is 609 g/mol.